The Morgan fingerprint density at radius 3 is 2.79 bits per heavy atom. The Labute approximate surface area is 161 Å². The van der Waals surface area contributed by atoms with Gasteiger partial charge >= 0.3 is 0 Å². The lowest BCUT2D eigenvalue weighted by molar-refractivity contribution is 0.0709. The third kappa shape index (κ3) is 2.89. The van der Waals surface area contributed by atoms with Crippen molar-refractivity contribution in [3.63, 3.8) is 0 Å². The van der Waals surface area contributed by atoms with Crippen molar-refractivity contribution in [2.24, 2.45) is 0 Å². The lowest BCUT2D eigenvalue weighted by Crippen LogP contribution is -2.30. The highest BCUT2D eigenvalue weighted by Gasteiger charge is 2.35. The third-order valence-corrected chi connectivity index (χ3v) is 5.17. The smallest absolute Gasteiger partial charge is 0.254 e. The van der Waals surface area contributed by atoms with Crippen molar-refractivity contribution in [1.82, 2.24) is 15.0 Å². The number of ether oxygens (including phenoxy) is 2. The molecule has 28 heavy (non-hydrogen) atoms. The highest BCUT2D eigenvalue weighted by Crippen LogP contribution is 2.36. The van der Waals surface area contributed by atoms with Crippen LogP contribution in [0.4, 0.5) is 0 Å². The summed E-state index contributed by atoms with van der Waals surface area (Å²) in [5.41, 5.74) is 2.63. The standard InChI is InChI=1S/C21H19N3O4/c1-13-4-6-14(7-5-13)19-22-20(28-23-19)16-3-2-10-24(16)21(25)15-8-9-17-18(11-15)27-12-26-17/h4-9,11,16H,2-3,10,12H2,1H3/t16-/m0/s1. The predicted octanol–water partition coefficient (Wildman–Crippen LogP) is 3.75. The minimum Gasteiger partial charge on any atom is -0.454 e. The van der Waals surface area contributed by atoms with Gasteiger partial charge < -0.3 is 18.9 Å². The van der Waals surface area contributed by atoms with Gasteiger partial charge in [0, 0.05) is 17.7 Å². The SMILES string of the molecule is Cc1ccc(-c2noc([C@@H]3CCCN3C(=O)c3ccc4c(c3)OCO4)n2)cc1. The molecule has 1 saturated heterocycles. The van der Waals surface area contributed by atoms with Crippen molar-refractivity contribution < 1.29 is 18.8 Å². The zero-order valence-corrected chi connectivity index (χ0v) is 15.4. The number of fused-ring (bicyclic) bond motifs is 1. The Morgan fingerprint density at radius 2 is 1.93 bits per heavy atom. The van der Waals surface area contributed by atoms with Crippen molar-refractivity contribution in [1.29, 1.82) is 0 Å². The molecule has 0 N–H and O–H groups in total. The normalized spacial score (nSPS) is 17.9. The van der Waals surface area contributed by atoms with Gasteiger partial charge in [0.25, 0.3) is 5.91 Å². The molecule has 3 aromatic rings. The van der Waals surface area contributed by atoms with Gasteiger partial charge in [0.1, 0.15) is 6.04 Å². The van der Waals surface area contributed by atoms with Gasteiger partial charge in [-0.1, -0.05) is 35.0 Å². The van der Waals surface area contributed by atoms with Crippen LogP contribution < -0.4 is 9.47 Å². The fourth-order valence-corrected chi connectivity index (χ4v) is 3.65. The average molecular weight is 377 g/mol. The molecular formula is C21H19N3O4. The van der Waals surface area contributed by atoms with Crippen LogP contribution >= 0.6 is 0 Å². The van der Waals surface area contributed by atoms with Crippen LogP contribution in [-0.4, -0.2) is 34.3 Å². The molecule has 3 heterocycles. The molecule has 0 aliphatic carbocycles. The number of likely N-dealkylation sites (tertiary alicyclic amines) is 1. The molecular weight excluding hydrogens is 358 g/mol. The van der Waals surface area contributed by atoms with E-state index >= 15 is 0 Å². The quantitative estimate of drug-likeness (QED) is 0.692. The molecule has 0 saturated carbocycles. The van der Waals surface area contributed by atoms with Gasteiger partial charge in [-0.15, -0.1) is 0 Å². The molecule has 7 heteroatoms. The Kier molecular flexibility index (Phi) is 4.00. The summed E-state index contributed by atoms with van der Waals surface area (Å²) < 4.78 is 16.2. The first-order valence-electron chi connectivity index (χ1n) is 9.30. The summed E-state index contributed by atoms with van der Waals surface area (Å²) in [6.07, 6.45) is 1.69. The molecule has 142 valence electrons. The zero-order chi connectivity index (χ0) is 19.1. The lowest BCUT2D eigenvalue weighted by atomic mass is 10.1. The predicted molar refractivity (Wildman–Crippen MR) is 100 cm³/mol. The highest BCUT2D eigenvalue weighted by atomic mass is 16.7. The van der Waals surface area contributed by atoms with Crippen LogP contribution in [0.2, 0.25) is 0 Å². The summed E-state index contributed by atoms with van der Waals surface area (Å²) in [7, 11) is 0. The molecule has 0 bridgehead atoms. The first-order chi connectivity index (χ1) is 13.7. The Bertz CT molecular complexity index is 1030. The maximum Gasteiger partial charge on any atom is 0.254 e. The van der Waals surface area contributed by atoms with E-state index in [1.165, 1.54) is 5.56 Å². The molecule has 2 aliphatic heterocycles. The molecule has 0 unspecified atom stereocenters. The van der Waals surface area contributed by atoms with Crippen molar-refractivity contribution >= 4 is 5.91 Å². The topological polar surface area (TPSA) is 77.7 Å². The van der Waals surface area contributed by atoms with Crippen LogP contribution in [0.3, 0.4) is 0 Å². The summed E-state index contributed by atoms with van der Waals surface area (Å²) in [6.45, 7) is 2.87. The van der Waals surface area contributed by atoms with Crippen molar-refractivity contribution in [3.8, 4) is 22.9 Å². The van der Waals surface area contributed by atoms with Gasteiger partial charge in [0.2, 0.25) is 18.5 Å². The molecule has 5 rings (SSSR count). The summed E-state index contributed by atoms with van der Waals surface area (Å²) in [5.74, 6) is 2.20. The van der Waals surface area contributed by atoms with Gasteiger partial charge in [0.05, 0.1) is 0 Å². The maximum absolute atomic E-state index is 13.1. The minimum atomic E-state index is -0.218. The van der Waals surface area contributed by atoms with Crippen LogP contribution in [0.15, 0.2) is 47.0 Å². The highest BCUT2D eigenvalue weighted by molar-refractivity contribution is 5.95. The number of nitrogens with zero attached hydrogens (tertiary/aromatic N) is 3. The number of aromatic nitrogens is 2. The van der Waals surface area contributed by atoms with E-state index in [1.807, 2.05) is 31.2 Å². The fraction of sp³-hybridized carbons (Fsp3) is 0.286. The second-order valence-electron chi connectivity index (χ2n) is 7.05. The van der Waals surface area contributed by atoms with Gasteiger partial charge in [-0.3, -0.25) is 4.79 Å². The first-order valence-corrected chi connectivity index (χ1v) is 9.30. The van der Waals surface area contributed by atoms with Gasteiger partial charge in [-0.25, -0.2) is 0 Å². The van der Waals surface area contributed by atoms with Crippen LogP contribution in [-0.2, 0) is 0 Å². The zero-order valence-electron chi connectivity index (χ0n) is 15.4. The molecule has 1 atom stereocenters. The number of rotatable bonds is 3. The Balaban J connectivity index is 1.40. The number of benzene rings is 2. The van der Waals surface area contributed by atoms with E-state index in [9.17, 15) is 4.79 Å². The molecule has 1 aromatic heterocycles. The van der Waals surface area contributed by atoms with E-state index < -0.39 is 0 Å². The van der Waals surface area contributed by atoms with E-state index in [0.29, 0.717) is 35.3 Å². The molecule has 1 amide bonds. The fourth-order valence-electron chi connectivity index (χ4n) is 3.65. The van der Waals surface area contributed by atoms with Gasteiger partial charge in [-0.2, -0.15) is 4.98 Å². The molecule has 2 aromatic carbocycles. The number of carbonyl (C=O) groups is 1. The van der Waals surface area contributed by atoms with Gasteiger partial charge in [-0.05, 0) is 38.0 Å². The van der Waals surface area contributed by atoms with Crippen LogP contribution in [0.25, 0.3) is 11.4 Å². The van der Waals surface area contributed by atoms with Gasteiger partial charge in [0.15, 0.2) is 11.5 Å². The van der Waals surface area contributed by atoms with Crippen molar-refractivity contribution in [3.05, 3.63) is 59.5 Å². The number of aryl methyl sites for hydroxylation is 1. The van der Waals surface area contributed by atoms with Crippen LogP contribution in [0.5, 0.6) is 11.5 Å². The molecule has 7 nitrogen and oxygen atoms in total. The number of hydrogen-bond acceptors (Lipinski definition) is 6. The Morgan fingerprint density at radius 1 is 1.11 bits per heavy atom. The molecule has 2 aliphatic rings. The summed E-state index contributed by atoms with van der Waals surface area (Å²) in [4.78, 5) is 19.4. The average Bonchev–Trinajstić information content (AvgIpc) is 3.46. The monoisotopic (exact) mass is 377 g/mol. The van der Waals surface area contributed by atoms with Crippen LogP contribution in [0, 0.1) is 6.92 Å². The second kappa shape index (κ2) is 6.67. The largest absolute Gasteiger partial charge is 0.454 e. The van der Waals surface area contributed by atoms with Crippen LogP contribution in [0.1, 0.15) is 40.7 Å². The van der Waals surface area contributed by atoms with Crippen molar-refractivity contribution in [2.75, 3.05) is 13.3 Å². The number of amides is 1. The minimum absolute atomic E-state index is 0.0733. The van der Waals surface area contributed by atoms with E-state index in [-0.39, 0.29) is 18.7 Å². The first kappa shape index (κ1) is 16.8. The Hall–Kier alpha value is -3.35. The van der Waals surface area contributed by atoms with E-state index in [0.717, 1.165) is 18.4 Å². The molecule has 1 fully saturated rings. The molecule has 0 spiro atoms. The van der Waals surface area contributed by atoms with Crippen molar-refractivity contribution in [2.45, 2.75) is 25.8 Å². The second-order valence-corrected chi connectivity index (χ2v) is 7.05. The summed E-state index contributed by atoms with van der Waals surface area (Å²) >= 11 is 0. The summed E-state index contributed by atoms with van der Waals surface area (Å²) in [6, 6.07) is 13.0. The lowest BCUT2D eigenvalue weighted by Gasteiger charge is -2.22. The van der Waals surface area contributed by atoms with E-state index in [2.05, 4.69) is 10.1 Å². The number of carbonyl (C=O) groups excluding carboxylic acids is 1. The third-order valence-electron chi connectivity index (χ3n) is 5.17. The van der Waals surface area contributed by atoms with E-state index in [4.69, 9.17) is 14.0 Å². The number of hydrogen-bond donors (Lipinski definition) is 0. The summed E-state index contributed by atoms with van der Waals surface area (Å²) in [5, 5.41) is 4.11. The van der Waals surface area contributed by atoms with E-state index in [1.54, 1.807) is 23.1 Å². The molecule has 0 radical (unpaired) electrons. The maximum atomic E-state index is 13.1.